The van der Waals surface area contributed by atoms with Crippen molar-refractivity contribution in [1.29, 1.82) is 0 Å². The van der Waals surface area contributed by atoms with E-state index in [1.165, 1.54) is 17.7 Å². The minimum absolute atomic E-state index is 0.0528. The molecule has 1 heterocycles. The summed E-state index contributed by atoms with van der Waals surface area (Å²) in [5, 5.41) is 3.09. The first-order valence-corrected chi connectivity index (χ1v) is 6.68. The number of ether oxygens (including phenoxy) is 1. The van der Waals surface area contributed by atoms with Crippen LogP contribution < -0.4 is 15.6 Å². The van der Waals surface area contributed by atoms with E-state index in [0.29, 0.717) is 16.5 Å². The molecular formula is C15H15ClN2O3. The van der Waals surface area contributed by atoms with Crippen molar-refractivity contribution in [3.63, 3.8) is 0 Å². The van der Waals surface area contributed by atoms with Crippen LogP contribution in [0.15, 0.2) is 41.3 Å². The van der Waals surface area contributed by atoms with Crippen LogP contribution in [0.3, 0.4) is 0 Å². The topological polar surface area (TPSA) is 60.3 Å². The van der Waals surface area contributed by atoms with Gasteiger partial charge in [-0.3, -0.25) is 9.59 Å². The summed E-state index contributed by atoms with van der Waals surface area (Å²) in [6.07, 6.45) is 1.60. The second kappa shape index (κ2) is 6.45. The summed E-state index contributed by atoms with van der Waals surface area (Å²) >= 11 is 5.98. The summed E-state index contributed by atoms with van der Waals surface area (Å²) in [5.41, 5.74) is 1.20. The molecule has 0 saturated carbocycles. The van der Waals surface area contributed by atoms with Crippen LogP contribution in [0, 0.1) is 6.92 Å². The predicted octanol–water partition coefficient (Wildman–Crippen LogP) is 2.46. The molecule has 1 aromatic carbocycles. The van der Waals surface area contributed by atoms with Gasteiger partial charge in [-0.05, 0) is 36.8 Å². The lowest BCUT2D eigenvalue weighted by Crippen LogP contribution is -2.26. The first-order valence-electron chi connectivity index (χ1n) is 6.30. The Bertz CT molecular complexity index is 725. The van der Waals surface area contributed by atoms with Gasteiger partial charge in [-0.2, -0.15) is 0 Å². The molecule has 21 heavy (non-hydrogen) atoms. The van der Waals surface area contributed by atoms with Gasteiger partial charge in [0.25, 0.3) is 5.56 Å². The number of amides is 1. The predicted molar refractivity (Wildman–Crippen MR) is 82.1 cm³/mol. The zero-order chi connectivity index (χ0) is 15.4. The fourth-order valence-electron chi connectivity index (χ4n) is 1.84. The molecule has 0 aliphatic heterocycles. The number of hydrogen-bond acceptors (Lipinski definition) is 3. The Labute approximate surface area is 127 Å². The Morgan fingerprint density at radius 1 is 1.33 bits per heavy atom. The molecule has 0 aliphatic rings. The van der Waals surface area contributed by atoms with Gasteiger partial charge in [0.05, 0.1) is 12.1 Å². The Kier molecular flexibility index (Phi) is 4.65. The third-order valence-electron chi connectivity index (χ3n) is 2.90. The lowest BCUT2D eigenvalue weighted by Gasteiger charge is -2.09. The van der Waals surface area contributed by atoms with Crippen molar-refractivity contribution in [2.45, 2.75) is 13.5 Å². The average Bonchev–Trinajstić information content (AvgIpc) is 2.42. The molecule has 0 radical (unpaired) electrons. The number of nitrogens with zero attached hydrogens (tertiary/aromatic N) is 1. The quantitative estimate of drug-likeness (QED) is 0.944. The van der Waals surface area contributed by atoms with Crippen molar-refractivity contribution < 1.29 is 9.53 Å². The molecule has 0 fully saturated rings. The standard InChI is InChI=1S/C15H15ClN2O3/c1-10-5-6-18(15(20)7-10)9-14(19)17-11-3-4-13(21-2)12(16)8-11/h3-8H,9H2,1-2H3,(H,17,19). The maximum atomic E-state index is 11.9. The Hall–Kier alpha value is -2.27. The third kappa shape index (κ3) is 3.86. The van der Waals surface area contributed by atoms with Crippen molar-refractivity contribution in [2.24, 2.45) is 0 Å². The van der Waals surface area contributed by atoms with E-state index in [4.69, 9.17) is 16.3 Å². The van der Waals surface area contributed by atoms with Gasteiger partial charge < -0.3 is 14.6 Å². The van der Waals surface area contributed by atoms with Crippen LogP contribution in [-0.2, 0) is 11.3 Å². The Morgan fingerprint density at radius 3 is 2.71 bits per heavy atom. The number of nitrogens with one attached hydrogen (secondary N) is 1. The fourth-order valence-corrected chi connectivity index (χ4v) is 2.09. The molecule has 110 valence electrons. The van der Waals surface area contributed by atoms with Crippen LogP contribution in [0.5, 0.6) is 5.75 Å². The van der Waals surface area contributed by atoms with Crippen LogP contribution in [0.2, 0.25) is 5.02 Å². The summed E-state index contributed by atoms with van der Waals surface area (Å²) < 4.78 is 6.38. The number of pyridine rings is 1. The highest BCUT2D eigenvalue weighted by atomic mass is 35.5. The summed E-state index contributed by atoms with van der Waals surface area (Å²) in [5.74, 6) is 0.228. The maximum absolute atomic E-state index is 11.9. The van der Waals surface area contributed by atoms with E-state index < -0.39 is 0 Å². The van der Waals surface area contributed by atoms with Crippen LogP contribution in [0.1, 0.15) is 5.56 Å². The average molecular weight is 307 g/mol. The van der Waals surface area contributed by atoms with Gasteiger partial charge in [-0.15, -0.1) is 0 Å². The second-order valence-electron chi connectivity index (χ2n) is 4.57. The highest BCUT2D eigenvalue weighted by Crippen LogP contribution is 2.27. The van der Waals surface area contributed by atoms with Crippen molar-refractivity contribution in [3.8, 4) is 5.75 Å². The van der Waals surface area contributed by atoms with Gasteiger partial charge in [0.2, 0.25) is 5.91 Å². The summed E-state index contributed by atoms with van der Waals surface area (Å²) in [6, 6.07) is 8.20. The SMILES string of the molecule is COc1ccc(NC(=O)Cn2ccc(C)cc2=O)cc1Cl. The number of carbonyl (C=O) groups is 1. The molecular weight excluding hydrogens is 292 g/mol. The number of methoxy groups -OCH3 is 1. The fraction of sp³-hybridized carbons (Fsp3) is 0.200. The normalized spacial score (nSPS) is 10.2. The van der Waals surface area contributed by atoms with Crippen molar-refractivity contribution in [2.75, 3.05) is 12.4 Å². The highest BCUT2D eigenvalue weighted by Gasteiger charge is 2.07. The maximum Gasteiger partial charge on any atom is 0.251 e. The first-order chi connectivity index (χ1) is 9.99. The van der Waals surface area contributed by atoms with Gasteiger partial charge in [0, 0.05) is 18.0 Å². The first kappa shape index (κ1) is 15.1. The van der Waals surface area contributed by atoms with Gasteiger partial charge >= 0.3 is 0 Å². The van der Waals surface area contributed by atoms with E-state index in [1.54, 1.807) is 30.5 Å². The third-order valence-corrected chi connectivity index (χ3v) is 3.20. The number of halogens is 1. The monoisotopic (exact) mass is 306 g/mol. The van der Waals surface area contributed by atoms with Gasteiger partial charge in [0.15, 0.2) is 0 Å². The number of aromatic nitrogens is 1. The van der Waals surface area contributed by atoms with Crippen LogP contribution in [0.25, 0.3) is 0 Å². The molecule has 5 nitrogen and oxygen atoms in total. The van der Waals surface area contributed by atoms with Crippen molar-refractivity contribution in [3.05, 3.63) is 57.5 Å². The van der Waals surface area contributed by atoms with Gasteiger partial charge in [-0.1, -0.05) is 11.6 Å². The number of rotatable bonds is 4. The van der Waals surface area contributed by atoms with Crippen LogP contribution in [0.4, 0.5) is 5.69 Å². The van der Waals surface area contributed by atoms with E-state index in [9.17, 15) is 9.59 Å². The molecule has 1 amide bonds. The van der Waals surface area contributed by atoms with E-state index >= 15 is 0 Å². The Balaban J connectivity index is 2.08. The lowest BCUT2D eigenvalue weighted by molar-refractivity contribution is -0.116. The molecule has 0 aliphatic carbocycles. The zero-order valence-electron chi connectivity index (χ0n) is 11.7. The lowest BCUT2D eigenvalue weighted by atomic mass is 10.3. The summed E-state index contributed by atoms with van der Waals surface area (Å²) in [6.45, 7) is 1.77. The largest absolute Gasteiger partial charge is 0.495 e. The smallest absolute Gasteiger partial charge is 0.251 e. The Morgan fingerprint density at radius 2 is 2.10 bits per heavy atom. The zero-order valence-corrected chi connectivity index (χ0v) is 12.5. The van der Waals surface area contributed by atoms with Crippen LogP contribution >= 0.6 is 11.6 Å². The molecule has 0 saturated heterocycles. The summed E-state index contributed by atoms with van der Waals surface area (Å²) in [7, 11) is 1.52. The van der Waals surface area contributed by atoms with E-state index in [1.807, 2.05) is 6.92 Å². The van der Waals surface area contributed by atoms with Crippen molar-refractivity contribution in [1.82, 2.24) is 4.57 Å². The summed E-state index contributed by atoms with van der Waals surface area (Å²) in [4.78, 5) is 23.7. The molecule has 6 heteroatoms. The molecule has 0 unspecified atom stereocenters. The number of carbonyl (C=O) groups excluding carboxylic acids is 1. The molecule has 0 bridgehead atoms. The van der Waals surface area contributed by atoms with Gasteiger partial charge in [0.1, 0.15) is 12.3 Å². The number of aryl methyl sites for hydroxylation is 1. The van der Waals surface area contributed by atoms with Gasteiger partial charge in [-0.25, -0.2) is 0 Å². The minimum Gasteiger partial charge on any atom is -0.495 e. The molecule has 1 N–H and O–H groups in total. The molecule has 0 atom stereocenters. The molecule has 0 spiro atoms. The second-order valence-corrected chi connectivity index (χ2v) is 4.97. The highest BCUT2D eigenvalue weighted by molar-refractivity contribution is 6.32. The molecule has 2 rings (SSSR count). The van der Waals surface area contributed by atoms with Crippen LogP contribution in [-0.4, -0.2) is 17.6 Å². The number of anilines is 1. The minimum atomic E-state index is -0.304. The number of hydrogen-bond donors (Lipinski definition) is 1. The van der Waals surface area contributed by atoms with E-state index in [2.05, 4.69) is 5.32 Å². The number of benzene rings is 1. The molecule has 1 aromatic heterocycles. The van der Waals surface area contributed by atoms with Crippen molar-refractivity contribution >= 4 is 23.2 Å². The molecule has 2 aromatic rings. The van der Waals surface area contributed by atoms with E-state index in [-0.39, 0.29) is 18.0 Å². The van der Waals surface area contributed by atoms with E-state index in [0.717, 1.165) is 5.56 Å².